The van der Waals surface area contributed by atoms with Gasteiger partial charge in [0.2, 0.25) is 0 Å². The third kappa shape index (κ3) is 5.63. The zero-order valence-corrected chi connectivity index (χ0v) is 16.8. The molecule has 0 unspecified atom stereocenters. The molecule has 0 heterocycles. The number of esters is 1. The number of nitro groups is 1. The van der Waals surface area contributed by atoms with Crippen LogP contribution in [-0.2, 0) is 9.53 Å². The molecule has 3 aromatic carbocycles. The van der Waals surface area contributed by atoms with Gasteiger partial charge in [-0.05, 0) is 48.4 Å². The Morgan fingerprint density at radius 3 is 2.32 bits per heavy atom. The molecular formula is C24H20N2O5. The summed E-state index contributed by atoms with van der Waals surface area (Å²) in [6.07, 6.45) is 1.60. The van der Waals surface area contributed by atoms with Gasteiger partial charge in [-0.1, -0.05) is 42.5 Å². The van der Waals surface area contributed by atoms with E-state index in [1.807, 2.05) is 6.07 Å². The predicted molar refractivity (Wildman–Crippen MR) is 118 cm³/mol. The molecule has 0 spiro atoms. The van der Waals surface area contributed by atoms with Crippen molar-refractivity contribution in [3.05, 3.63) is 106 Å². The van der Waals surface area contributed by atoms with Crippen molar-refractivity contribution in [1.82, 2.24) is 0 Å². The van der Waals surface area contributed by atoms with Crippen LogP contribution in [0.3, 0.4) is 0 Å². The van der Waals surface area contributed by atoms with E-state index < -0.39 is 10.9 Å². The van der Waals surface area contributed by atoms with Gasteiger partial charge in [-0.3, -0.25) is 14.9 Å². The Hall–Kier alpha value is -4.26. The predicted octanol–water partition coefficient (Wildman–Crippen LogP) is 4.95. The van der Waals surface area contributed by atoms with Gasteiger partial charge in [0, 0.05) is 23.4 Å². The molecule has 7 heteroatoms. The molecule has 1 N–H and O–H groups in total. The molecule has 0 fully saturated rings. The van der Waals surface area contributed by atoms with Crippen molar-refractivity contribution in [2.24, 2.45) is 0 Å². The molecule has 1 amide bonds. The average Bonchev–Trinajstić information content (AvgIpc) is 2.79. The molecule has 0 saturated heterocycles. The van der Waals surface area contributed by atoms with E-state index in [0.717, 1.165) is 0 Å². The third-order valence-electron chi connectivity index (χ3n) is 4.38. The van der Waals surface area contributed by atoms with E-state index in [1.165, 1.54) is 12.1 Å². The van der Waals surface area contributed by atoms with Crippen molar-refractivity contribution in [2.45, 2.75) is 6.92 Å². The normalized spacial score (nSPS) is 10.9. The van der Waals surface area contributed by atoms with Gasteiger partial charge in [-0.15, -0.1) is 0 Å². The van der Waals surface area contributed by atoms with Crippen molar-refractivity contribution < 1.29 is 19.2 Å². The Balaban J connectivity index is 1.90. The van der Waals surface area contributed by atoms with Gasteiger partial charge in [-0.2, -0.15) is 0 Å². The second kappa shape index (κ2) is 9.98. The van der Waals surface area contributed by atoms with Gasteiger partial charge in [-0.25, -0.2) is 4.79 Å². The van der Waals surface area contributed by atoms with Gasteiger partial charge < -0.3 is 10.1 Å². The molecule has 3 rings (SSSR count). The molecule has 0 atom stereocenters. The number of hydrogen-bond acceptors (Lipinski definition) is 5. The molecule has 0 saturated carbocycles. The number of ether oxygens (including phenoxy) is 1. The van der Waals surface area contributed by atoms with Crippen LogP contribution in [0.4, 0.5) is 11.4 Å². The fourth-order valence-corrected chi connectivity index (χ4v) is 2.89. The first-order chi connectivity index (χ1) is 15.0. The zero-order valence-electron chi connectivity index (χ0n) is 16.8. The Bertz CT molecular complexity index is 1120. The lowest BCUT2D eigenvalue weighted by Crippen LogP contribution is -2.14. The number of carbonyl (C=O) groups is 2. The van der Waals surface area contributed by atoms with Crippen molar-refractivity contribution in [2.75, 3.05) is 11.9 Å². The van der Waals surface area contributed by atoms with Crippen LogP contribution in [-0.4, -0.2) is 23.4 Å². The van der Waals surface area contributed by atoms with E-state index in [1.54, 1.807) is 73.7 Å². The van der Waals surface area contributed by atoms with Crippen LogP contribution in [0.25, 0.3) is 11.6 Å². The molecule has 0 aliphatic rings. The first-order valence-electron chi connectivity index (χ1n) is 9.58. The summed E-state index contributed by atoms with van der Waals surface area (Å²) in [6.45, 7) is 2.01. The Morgan fingerprint density at radius 2 is 1.68 bits per heavy atom. The summed E-state index contributed by atoms with van der Waals surface area (Å²) in [5.74, 6) is -0.822. The summed E-state index contributed by atoms with van der Waals surface area (Å²) in [4.78, 5) is 35.4. The number of benzene rings is 3. The van der Waals surface area contributed by atoms with Gasteiger partial charge in [0.1, 0.15) is 0 Å². The summed E-state index contributed by atoms with van der Waals surface area (Å²) in [6, 6.07) is 21.4. The lowest BCUT2D eigenvalue weighted by molar-refractivity contribution is -0.384. The van der Waals surface area contributed by atoms with Crippen molar-refractivity contribution in [3.8, 4) is 0 Å². The lowest BCUT2D eigenvalue weighted by Gasteiger charge is -2.10. The first kappa shape index (κ1) is 21.4. The Kier molecular flexibility index (Phi) is 6.90. The first-order valence-corrected chi connectivity index (χ1v) is 9.58. The SMILES string of the molecule is CCOC(=O)c1ccc(NC(=O)/C(=C/c2cccc([N+](=O)[O-])c2)c2ccccc2)cc1. The fraction of sp³-hybridized carbons (Fsp3) is 0.0833. The fourth-order valence-electron chi connectivity index (χ4n) is 2.89. The Morgan fingerprint density at radius 1 is 0.968 bits per heavy atom. The summed E-state index contributed by atoms with van der Waals surface area (Å²) < 4.78 is 4.95. The maximum absolute atomic E-state index is 13.1. The highest BCUT2D eigenvalue weighted by Gasteiger charge is 2.14. The lowest BCUT2D eigenvalue weighted by atomic mass is 10.0. The number of nitro benzene ring substituents is 1. The zero-order chi connectivity index (χ0) is 22.2. The molecule has 0 radical (unpaired) electrons. The molecule has 7 nitrogen and oxygen atoms in total. The number of nitrogens with one attached hydrogen (secondary N) is 1. The summed E-state index contributed by atoms with van der Waals surface area (Å²) in [5, 5.41) is 13.9. The van der Waals surface area contributed by atoms with E-state index in [0.29, 0.717) is 28.0 Å². The van der Waals surface area contributed by atoms with E-state index >= 15 is 0 Å². The minimum Gasteiger partial charge on any atom is -0.462 e. The molecule has 0 aromatic heterocycles. The average molecular weight is 416 g/mol. The molecule has 3 aromatic rings. The second-order valence-corrected chi connectivity index (χ2v) is 6.53. The quantitative estimate of drug-likeness (QED) is 0.193. The van der Waals surface area contributed by atoms with Crippen molar-refractivity contribution in [1.29, 1.82) is 0 Å². The summed E-state index contributed by atoms with van der Waals surface area (Å²) in [5.41, 5.74) is 2.36. The van der Waals surface area contributed by atoms with Gasteiger partial charge in [0.15, 0.2) is 0 Å². The molecular weight excluding hydrogens is 396 g/mol. The highest BCUT2D eigenvalue weighted by Crippen LogP contribution is 2.23. The maximum Gasteiger partial charge on any atom is 0.338 e. The number of nitrogens with zero attached hydrogens (tertiary/aromatic N) is 1. The van der Waals surface area contributed by atoms with E-state index in [9.17, 15) is 19.7 Å². The smallest absolute Gasteiger partial charge is 0.338 e. The number of non-ortho nitro benzene ring substituents is 1. The monoisotopic (exact) mass is 416 g/mol. The number of anilines is 1. The van der Waals surface area contributed by atoms with Gasteiger partial charge in [0.25, 0.3) is 11.6 Å². The molecule has 156 valence electrons. The van der Waals surface area contributed by atoms with Crippen LogP contribution in [0.2, 0.25) is 0 Å². The van der Waals surface area contributed by atoms with Gasteiger partial charge >= 0.3 is 5.97 Å². The topological polar surface area (TPSA) is 98.5 Å². The number of carbonyl (C=O) groups excluding carboxylic acids is 2. The molecule has 0 bridgehead atoms. The van der Waals surface area contributed by atoms with Crippen LogP contribution < -0.4 is 5.32 Å². The van der Waals surface area contributed by atoms with Crippen LogP contribution in [0.1, 0.15) is 28.4 Å². The van der Waals surface area contributed by atoms with Crippen LogP contribution in [0.5, 0.6) is 0 Å². The van der Waals surface area contributed by atoms with Crippen LogP contribution >= 0.6 is 0 Å². The highest BCUT2D eigenvalue weighted by atomic mass is 16.6. The second-order valence-electron chi connectivity index (χ2n) is 6.53. The molecule has 31 heavy (non-hydrogen) atoms. The summed E-state index contributed by atoms with van der Waals surface area (Å²) in [7, 11) is 0. The largest absolute Gasteiger partial charge is 0.462 e. The number of amides is 1. The minimum atomic E-state index is -0.481. The number of hydrogen-bond donors (Lipinski definition) is 1. The van der Waals surface area contributed by atoms with Crippen molar-refractivity contribution in [3.63, 3.8) is 0 Å². The molecule has 0 aliphatic carbocycles. The van der Waals surface area contributed by atoms with E-state index in [-0.39, 0.29) is 18.2 Å². The standard InChI is InChI=1S/C24H20N2O5/c1-2-31-24(28)19-11-13-20(14-12-19)25-23(27)22(18-8-4-3-5-9-18)16-17-7-6-10-21(15-17)26(29)30/h3-16H,2H2,1H3,(H,25,27)/b22-16+. The van der Waals surface area contributed by atoms with Crippen LogP contribution in [0.15, 0.2) is 78.9 Å². The third-order valence-corrected chi connectivity index (χ3v) is 4.38. The Labute approximate surface area is 179 Å². The highest BCUT2D eigenvalue weighted by molar-refractivity contribution is 6.29. The minimum absolute atomic E-state index is 0.0591. The van der Waals surface area contributed by atoms with E-state index in [2.05, 4.69) is 5.32 Å². The number of rotatable bonds is 7. The van der Waals surface area contributed by atoms with E-state index in [4.69, 9.17) is 4.74 Å². The summed E-state index contributed by atoms with van der Waals surface area (Å²) >= 11 is 0. The van der Waals surface area contributed by atoms with Crippen molar-refractivity contribution >= 4 is 34.9 Å². The van der Waals surface area contributed by atoms with Gasteiger partial charge in [0.05, 0.1) is 17.1 Å². The van der Waals surface area contributed by atoms with Crippen LogP contribution in [0, 0.1) is 10.1 Å². The molecule has 0 aliphatic heterocycles. The maximum atomic E-state index is 13.1.